The van der Waals surface area contributed by atoms with Gasteiger partial charge in [0.2, 0.25) is 12.0 Å². The van der Waals surface area contributed by atoms with Gasteiger partial charge in [-0.25, -0.2) is 4.79 Å². The standard InChI is InChI=1S/C34H39NO12/c1-16(2)9-10-35-15-44-23-8-7-20-22-14-43-24-13-19(45-34-28(39)26(37)27(38)32(47-34)33(40)41)12-21(17-5-4-6-18(36)11-17)25(24)29(22)46-30(20)31(23)42-3/h4-8,11-13,16,22,26-29,32,34-39H,9-10,14-15H2,1-3H3,(H,40,41)/t22-,26-,27-,28+,29-,32-,34-/m0/s1. The predicted molar refractivity (Wildman–Crippen MR) is 166 cm³/mol. The molecule has 0 saturated carbocycles. The van der Waals surface area contributed by atoms with Gasteiger partial charge in [-0.2, -0.15) is 0 Å². The second kappa shape index (κ2) is 13.5. The van der Waals surface area contributed by atoms with Gasteiger partial charge in [-0.05, 0) is 54.3 Å². The van der Waals surface area contributed by atoms with Gasteiger partial charge in [0.1, 0.15) is 48.4 Å². The van der Waals surface area contributed by atoms with Crippen LogP contribution in [0.1, 0.15) is 43.4 Å². The molecule has 6 N–H and O–H groups in total. The number of aliphatic carboxylic acids is 1. The smallest absolute Gasteiger partial charge is 0.335 e. The topological polar surface area (TPSA) is 186 Å². The van der Waals surface area contributed by atoms with Crippen molar-refractivity contribution in [3.8, 4) is 45.6 Å². The van der Waals surface area contributed by atoms with Crippen LogP contribution in [0.2, 0.25) is 0 Å². The van der Waals surface area contributed by atoms with E-state index >= 15 is 0 Å². The molecule has 3 aliphatic heterocycles. The van der Waals surface area contributed by atoms with E-state index in [0.29, 0.717) is 52.3 Å². The number of rotatable bonds is 11. The third-order valence-electron chi connectivity index (χ3n) is 8.59. The molecule has 0 bridgehead atoms. The van der Waals surface area contributed by atoms with Gasteiger partial charge in [0, 0.05) is 17.2 Å². The van der Waals surface area contributed by atoms with Crippen LogP contribution in [-0.2, 0) is 9.53 Å². The zero-order valence-corrected chi connectivity index (χ0v) is 26.2. The van der Waals surface area contributed by atoms with Crippen molar-refractivity contribution >= 4 is 5.97 Å². The highest BCUT2D eigenvalue weighted by molar-refractivity contribution is 5.76. The van der Waals surface area contributed by atoms with E-state index in [-0.39, 0.29) is 24.0 Å². The average molecular weight is 654 g/mol. The van der Waals surface area contributed by atoms with Crippen LogP contribution in [0.5, 0.6) is 34.5 Å². The van der Waals surface area contributed by atoms with Gasteiger partial charge in [0.05, 0.1) is 19.6 Å². The van der Waals surface area contributed by atoms with Crippen LogP contribution in [0.25, 0.3) is 11.1 Å². The molecule has 3 aromatic carbocycles. The molecule has 1 fully saturated rings. The largest absolute Gasteiger partial charge is 0.508 e. The van der Waals surface area contributed by atoms with Crippen LogP contribution in [0.3, 0.4) is 0 Å². The number of hydrogen-bond acceptors (Lipinski definition) is 12. The molecule has 3 aliphatic rings. The molecule has 0 aromatic heterocycles. The number of phenolic OH excluding ortho intramolecular Hbond substituents is 1. The van der Waals surface area contributed by atoms with Crippen molar-refractivity contribution in [1.29, 1.82) is 0 Å². The Morgan fingerprint density at radius 2 is 1.87 bits per heavy atom. The number of ether oxygens (including phenoxy) is 6. The number of aliphatic hydroxyl groups excluding tert-OH is 3. The molecule has 0 unspecified atom stereocenters. The number of aliphatic hydroxyl groups is 3. The zero-order chi connectivity index (χ0) is 33.4. The van der Waals surface area contributed by atoms with Gasteiger partial charge >= 0.3 is 5.97 Å². The molecule has 13 nitrogen and oxygen atoms in total. The fourth-order valence-electron chi connectivity index (χ4n) is 6.14. The molecule has 1 saturated heterocycles. The summed E-state index contributed by atoms with van der Waals surface area (Å²) in [5, 5.41) is 54.0. The third-order valence-corrected chi connectivity index (χ3v) is 8.59. The molecule has 0 amide bonds. The fourth-order valence-corrected chi connectivity index (χ4v) is 6.14. The lowest BCUT2D eigenvalue weighted by Crippen LogP contribution is -2.61. The highest BCUT2D eigenvalue weighted by atomic mass is 16.7. The molecular formula is C34H39NO12. The highest BCUT2D eigenvalue weighted by Crippen LogP contribution is 2.58. The number of carboxylic acids is 1. The lowest BCUT2D eigenvalue weighted by atomic mass is 9.85. The third kappa shape index (κ3) is 6.36. The van der Waals surface area contributed by atoms with E-state index in [1.807, 2.05) is 12.1 Å². The van der Waals surface area contributed by atoms with Gasteiger partial charge < -0.3 is 54.0 Å². The second-order valence-electron chi connectivity index (χ2n) is 12.2. The molecular weight excluding hydrogens is 614 g/mol. The predicted octanol–water partition coefficient (Wildman–Crippen LogP) is 2.92. The number of hydrogen-bond donors (Lipinski definition) is 6. The fraction of sp³-hybridized carbons (Fsp3) is 0.441. The SMILES string of the molecule is COc1c(OCNCCC(C)C)ccc2c1O[C@@H]1c3c(cc(O[C@H]4O[C@H](C(=O)O)[C@@H](O)[C@H](O)[C@H]4O)cc3-c3cccc(O)c3)OC[C@@H]21. The summed E-state index contributed by atoms with van der Waals surface area (Å²) in [6.07, 6.45) is -8.42. The molecule has 6 rings (SSSR count). The zero-order valence-electron chi connectivity index (χ0n) is 26.2. The number of phenols is 1. The van der Waals surface area contributed by atoms with Crippen LogP contribution in [0.4, 0.5) is 0 Å². The van der Waals surface area contributed by atoms with Gasteiger partial charge in [0.25, 0.3) is 0 Å². The first-order valence-corrected chi connectivity index (χ1v) is 15.5. The van der Waals surface area contributed by atoms with Crippen LogP contribution in [0, 0.1) is 5.92 Å². The number of benzene rings is 3. The Hall–Kier alpha value is -4.27. The highest BCUT2D eigenvalue weighted by Gasteiger charge is 2.49. The van der Waals surface area contributed by atoms with E-state index in [1.54, 1.807) is 37.4 Å². The van der Waals surface area contributed by atoms with E-state index in [0.717, 1.165) is 18.5 Å². The summed E-state index contributed by atoms with van der Waals surface area (Å²) >= 11 is 0. The lowest BCUT2D eigenvalue weighted by Gasteiger charge is -2.38. The number of fused-ring (bicyclic) bond motifs is 5. The van der Waals surface area contributed by atoms with E-state index in [1.165, 1.54) is 6.07 Å². The normalized spacial score (nSPS) is 26.0. The molecule has 0 spiro atoms. The maximum Gasteiger partial charge on any atom is 0.335 e. The maximum absolute atomic E-state index is 11.6. The Bertz CT molecular complexity index is 1610. The van der Waals surface area contributed by atoms with Gasteiger partial charge in [-0.1, -0.05) is 32.0 Å². The van der Waals surface area contributed by atoms with Crippen molar-refractivity contribution in [3.05, 3.63) is 59.7 Å². The molecule has 13 heteroatoms. The van der Waals surface area contributed by atoms with Gasteiger partial charge in [-0.15, -0.1) is 0 Å². The molecule has 7 atom stereocenters. The maximum atomic E-state index is 11.6. The second-order valence-corrected chi connectivity index (χ2v) is 12.2. The number of carboxylic acid groups (broad SMARTS) is 1. The minimum Gasteiger partial charge on any atom is -0.508 e. The van der Waals surface area contributed by atoms with Crippen molar-refractivity contribution in [1.82, 2.24) is 5.32 Å². The minimum absolute atomic E-state index is 0.0179. The molecule has 47 heavy (non-hydrogen) atoms. The molecule has 252 valence electrons. The first-order chi connectivity index (χ1) is 22.6. The Kier molecular flexibility index (Phi) is 9.35. The summed E-state index contributed by atoms with van der Waals surface area (Å²) in [6, 6.07) is 13.5. The monoisotopic (exact) mass is 653 g/mol. The summed E-state index contributed by atoms with van der Waals surface area (Å²) < 4.78 is 35.9. The van der Waals surface area contributed by atoms with Crippen molar-refractivity contribution in [2.75, 3.05) is 27.0 Å². The minimum atomic E-state index is -1.86. The van der Waals surface area contributed by atoms with Crippen molar-refractivity contribution in [2.24, 2.45) is 5.92 Å². The van der Waals surface area contributed by atoms with Crippen LogP contribution < -0.4 is 29.0 Å². The van der Waals surface area contributed by atoms with Crippen LogP contribution in [-0.4, -0.2) is 89.2 Å². The van der Waals surface area contributed by atoms with Crippen LogP contribution in [0.15, 0.2) is 48.5 Å². The summed E-state index contributed by atoms with van der Waals surface area (Å²) in [5.74, 6) is 0.871. The Morgan fingerprint density at radius 1 is 1.06 bits per heavy atom. The van der Waals surface area contributed by atoms with E-state index in [2.05, 4.69) is 19.2 Å². The summed E-state index contributed by atoms with van der Waals surface area (Å²) in [5.41, 5.74) is 2.72. The van der Waals surface area contributed by atoms with E-state index < -0.39 is 42.8 Å². The molecule has 3 aromatic rings. The molecule has 0 aliphatic carbocycles. The summed E-state index contributed by atoms with van der Waals surface area (Å²) in [6.45, 7) is 5.68. The molecule has 3 heterocycles. The number of aromatic hydroxyl groups is 1. The van der Waals surface area contributed by atoms with E-state index in [4.69, 9.17) is 28.4 Å². The van der Waals surface area contributed by atoms with Crippen LogP contribution >= 0.6 is 0 Å². The first-order valence-electron chi connectivity index (χ1n) is 15.5. The lowest BCUT2D eigenvalue weighted by molar-refractivity contribution is -0.271. The van der Waals surface area contributed by atoms with Gasteiger partial charge in [0.15, 0.2) is 17.6 Å². The number of nitrogens with one attached hydrogen (secondary N) is 1. The molecule has 0 radical (unpaired) electrons. The van der Waals surface area contributed by atoms with Gasteiger partial charge in [-0.3, -0.25) is 5.32 Å². The van der Waals surface area contributed by atoms with Crippen molar-refractivity contribution < 1.29 is 58.7 Å². The number of methoxy groups -OCH3 is 1. The first kappa shape index (κ1) is 32.7. The average Bonchev–Trinajstić information content (AvgIpc) is 3.43. The quantitative estimate of drug-likeness (QED) is 0.131. The Balaban J connectivity index is 1.33. The Morgan fingerprint density at radius 3 is 2.60 bits per heavy atom. The van der Waals surface area contributed by atoms with E-state index in [9.17, 15) is 30.3 Å². The summed E-state index contributed by atoms with van der Waals surface area (Å²) in [7, 11) is 1.55. The summed E-state index contributed by atoms with van der Waals surface area (Å²) in [4.78, 5) is 11.6. The Labute approximate surface area is 271 Å². The van der Waals surface area contributed by atoms with Crippen molar-refractivity contribution in [2.45, 2.75) is 63.0 Å². The van der Waals surface area contributed by atoms with Crippen molar-refractivity contribution in [3.63, 3.8) is 0 Å². The number of carbonyl (C=O) groups is 1.